The van der Waals surface area contributed by atoms with Gasteiger partial charge in [0.05, 0.1) is 12.6 Å². The number of ether oxygens (including phenoxy) is 1. The molecule has 4 aromatic rings. The summed E-state index contributed by atoms with van der Waals surface area (Å²) in [7, 11) is 0. The van der Waals surface area contributed by atoms with E-state index in [1.54, 1.807) is 0 Å². The van der Waals surface area contributed by atoms with E-state index in [9.17, 15) is 4.79 Å². The Hall–Kier alpha value is -3.78. The number of carbonyl (C=O) groups excluding carboxylic acids is 1. The summed E-state index contributed by atoms with van der Waals surface area (Å²) in [5, 5.41) is 12.1. The lowest BCUT2D eigenvalue weighted by Gasteiger charge is -2.33. The Morgan fingerprint density at radius 2 is 1.76 bits per heavy atom. The molecule has 0 radical (unpaired) electrons. The zero-order chi connectivity index (χ0) is 23.5. The molecule has 0 spiro atoms. The summed E-state index contributed by atoms with van der Waals surface area (Å²) in [5.74, 6) is 1.41. The summed E-state index contributed by atoms with van der Waals surface area (Å²) in [6, 6.07) is 25.2. The van der Waals surface area contributed by atoms with Crippen LogP contribution >= 0.6 is 11.8 Å². The van der Waals surface area contributed by atoms with Crippen molar-refractivity contribution in [3.05, 3.63) is 90.0 Å². The van der Waals surface area contributed by atoms with Crippen LogP contribution in [0.15, 0.2) is 84.0 Å². The number of hydrogen-bond acceptors (Lipinski definition) is 6. The van der Waals surface area contributed by atoms with Crippen LogP contribution in [0.2, 0.25) is 0 Å². The van der Waals surface area contributed by atoms with E-state index in [0.29, 0.717) is 17.6 Å². The fourth-order valence-electron chi connectivity index (χ4n) is 3.93. The van der Waals surface area contributed by atoms with E-state index in [1.807, 2.05) is 97.4 Å². The molecule has 0 bridgehead atoms. The first-order valence-electron chi connectivity index (χ1n) is 11.2. The summed E-state index contributed by atoms with van der Waals surface area (Å²) in [6.45, 7) is 4.54. The molecule has 0 unspecified atom stereocenters. The maximum Gasteiger partial charge on any atom is 0.240 e. The lowest BCUT2D eigenvalue weighted by molar-refractivity contribution is -0.116. The summed E-state index contributed by atoms with van der Waals surface area (Å²) >= 11 is 1.41. The number of rotatable bonds is 6. The molecule has 8 heteroatoms. The topological polar surface area (TPSA) is 81.1 Å². The minimum atomic E-state index is -0.460. The molecule has 1 amide bonds. The first kappa shape index (κ1) is 22.0. The second-order valence-corrected chi connectivity index (χ2v) is 9.07. The Morgan fingerprint density at radius 1 is 1.03 bits per heavy atom. The molecule has 0 saturated heterocycles. The van der Waals surface area contributed by atoms with Gasteiger partial charge < -0.3 is 15.5 Å². The third-order valence-electron chi connectivity index (χ3n) is 5.68. The molecule has 2 heterocycles. The van der Waals surface area contributed by atoms with Crippen molar-refractivity contribution in [1.82, 2.24) is 14.9 Å². The lowest BCUT2D eigenvalue weighted by Crippen LogP contribution is -2.41. The van der Waals surface area contributed by atoms with Gasteiger partial charge in [-0.1, -0.05) is 72.4 Å². The number of carbonyl (C=O) groups is 1. The fraction of sp³-hybridized carbons (Fsp3) is 0.192. The van der Waals surface area contributed by atoms with E-state index in [4.69, 9.17) is 4.74 Å². The van der Waals surface area contributed by atoms with Gasteiger partial charge in [0.25, 0.3) is 0 Å². The second kappa shape index (κ2) is 9.61. The van der Waals surface area contributed by atoms with Crippen LogP contribution < -0.4 is 15.5 Å². The smallest absolute Gasteiger partial charge is 0.240 e. The molecule has 1 aliphatic rings. The zero-order valence-electron chi connectivity index (χ0n) is 18.9. The zero-order valence-corrected chi connectivity index (χ0v) is 19.8. The van der Waals surface area contributed by atoms with Crippen LogP contribution in [0.5, 0.6) is 5.75 Å². The van der Waals surface area contributed by atoms with E-state index in [1.165, 1.54) is 11.8 Å². The van der Waals surface area contributed by atoms with E-state index in [2.05, 4.69) is 20.9 Å². The minimum absolute atomic E-state index is 0.0961. The summed E-state index contributed by atoms with van der Waals surface area (Å²) in [6.07, 6.45) is 0. The predicted molar refractivity (Wildman–Crippen MR) is 135 cm³/mol. The highest BCUT2D eigenvalue weighted by Gasteiger charge is 2.38. The highest BCUT2D eigenvalue weighted by molar-refractivity contribution is 8.00. The molecular weight excluding hydrogens is 446 g/mol. The number of amides is 1. The maximum absolute atomic E-state index is 13.5. The molecule has 3 aromatic carbocycles. The van der Waals surface area contributed by atoms with E-state index in [0.717, 1.165) is 28.1 Å². The molecule has 7 nitrogen and oxygen atoms in total. The molecule has 2 N–H and O–H groups in total. The second-order valence-electron chi connectivity index (χ2n) is 7.96. The Bertz CT molecular complexity index is 1290. The quantitative estimate of drug-likeness (QED) is 0.410. The third kappa shape index (κ3) is 4.36. The summed E-state index contributed by atoms with van der Waals surface area (Å²) in [4.78, 5) is 13.5. The SMILES string of the molecule is CCOc1ccc([C@H]2Nn3c(nnc3-c3ccccc3)S[C@@H]2C(=O)Nc2ccccc2C)cc1. The Balaban J connectivity index is 1.51. The number of aryl methyl sites for hydroxylation is 1. The van der Waals surface area contributed by atoms with Crippen molar-refractivity contribution in [2.75, 3.05) is 17.3 Å². The number of aromatic nitrogens is 3. The molecule has 5 rings (SSSR count). The highest BCUT2D eigenvalue weighted by Crippen LogP contribution is 2.39. The van der Waals surface area contributed by atoms with Crippen LogP contribution in [0, 0.1) is 6.92 Å². The minimum Gasteiger partial charge on any atom is -0.494 e. The largest absolute Gasteiger partial charge is 0.494 e. The van der Waals surface area contributed by atoms with Crippen LogP contribution in [0.25, 0.3) is 11.4 Å². The molecule has 172 valence electrons. The van der Waals surface area contributed by atoms with Crippen molar-refractivity contribution in [2.45, 2.75) is 30.3 Å². The average Bonchev–Trinajstić information content (AvgIpc) is 3.29. The van der Waals surface area contributed by atoms with Crippen LogP contribution in [0.3, 0.4) is 0 Å². The molecule has 0 saturated carbocycles. The van der Waals surface area contributed by atoms with Gasteiger partial charge in [0.2, 0.25) is 11.1 Å². The normalized spacial score (nSPS) is 16.9. The number of fused-ring (bicyclic) bond motifs is 1. The van der Waals surface area contributed by atoms with Crippen LogP contribution in [-0.2, 0) is 4.79 Å². The van der Waals surface area contributed by atoms with E-state index in [-0.39, 0.29) is 11.9 Å². The van der Waals surface area contributed by atoms with Crippen molar-refractivity contribution >= 4 is 23.4 Å². The number of benzene rings is 3. The van der Waals surface area contributed by atoms with Crippen molar-refractivity contribution in [3.63, 3.8) is 0 Å². The van der Waals surface area contributed by atoms with E-state index >= 15 is 0 Å². The molecule has 34 heavy (non-hydrogen) atoms. The Morgan fingerprint density at radius 3 is 2.50 bits per heavy atom. The first-order chi connectivity index (χ1) is 16.6. The van der Waals surface area contributed by atoms with Gasteiger partial charge in [-0.3, -0.25) is 4.79 Å². The van der Waals surface area contributed by atoms with Crippen LogP contribution in [0.4, 0.5) is 5.69 Å². The lowest BCUT2D eigenvalue weighted by atomic mass is 10.0. The maximum atomic E-state index is 13.5. The molecule has 0 aliphatic carbocycles. The summed E-state index contributed by atoms with van der Waals surface area (Å²) < 4.78 is 7.48. The summed E-state index contributed by atoms with van der Waals surface area (Å²) in [5.41, 5.74) is 7.24. The Kier molecular flexibility index (Phi) is 6.22. The Labute approximate surface area is 202 Å². The number of anilines is 1. The predicted octanol–water partition coefficient (Wildman–Crippen LogP) is 5.05. The molecule has 1 aliphatic heterocycles. The van der Waals surface area contributed by atoms with Gasteiger partial charge in [0, 0.05) is 11.3 Å². The van der Waals surface area contributed by atoms with Gasteiger partial charge in [0.15, 0.2) is 5.82 Å². The van der Waals surface area contributed by atoms with Crippen molar-refractivity contribution < 1.29 is 9.53 Å². The van der Waals surface area contributed by atoms with Crippen LogP contribution in [-0.4, -0.2) is 32.6 Å². The first-order valence-corrected chi connectivity index (χ1v) is 12.1. The van der Waals surface area contributed by atoms with Gasteiger partial charge in [-0.25, -0.2) is 4.68 Å². The van der Waals surface area contributed by atoms with E-state index < -0.39 is 5.25 Å². The molecule has 0 fully saturated rings. The van der Waals surface area contributed by atoms with Crippen molar-refractivity contribution in [3.8, 4) is 17.1 Å². The monoisotopic (exact) mass is 471 g/mol. The van der Waals surface area contributed by atoms with Crippen molar-refractivity contribution in [2.24, 2.45) is 0 Å². The average molecular weight is 472 g/mol. The van der Waals surface area contributed by atoms with Gasteiger partial charge >= 0.3 is 0 Å². The number of hydrogen-bond donors (Lipinski definition) is 2. The standard InChI is InChI=1S/C26H25N5O2S/c1-3-33-20-15-13-18(14-16-20)22-23(25(32)27-21-12-8-7-9-17(21)2)34-26-29-28-24(31(26)30-22)19-10-5-4-6-11-19/h4-16,22-23,30H,3H2,1-2H3,(H,27,32)/t22-,23+/m1/s1. The van der Waals surface area contributed by atoms with Gasteiger partial charge in [-0.15, -0.1) is 10.2 Å². The van der Waals surface area contributed by atoms with Crippen LogP contribution in [0.1, 0.15) is 24.1 Å². The molecule has 2 atom stereocenters. The number of thioether (sulfide) groups is 1. The third-order valence-corrected chi connectivity index (χ3v) is 6.90. The molecule has 1 aromatic heterocycles. The fourth-order valence-corrected chi connectivity index (χ4v) is 5.01. The number of nitrogens with zero attached hydrogens (tertiary/aromatic N) is 3. The van der Waals surface area contributed by atoms with Gasteiger partial charge in [-0.2, -0.15) is 0 Å². The molecular formula is C26H25N5O2S. The number of nitrogens with one attached hydrogen (secondary N) is 2. The number of para-hydroxylation sites is 1. The highest BCUT2D eigenvalue weighted by atomic mass is 32.2. The van der Waals surface area contributed by atoms with Gasteiger partial charge in [-0.05, 0) is 43.2 Å². The van der Waals surface area contributed by atoms with Crippen molar-refractivity contribution in [1.29, 1.82) is 0 Å². The van der Waals surface area contributed by atoms with Gasteiger partial charge in [0.1, 0.15) is 11.0 Å².